The standard InChI is InChI=1S/C27H34N4O/c1-19-15-16-22(28)25(18-19)31-26(32)14-4-2-3-9-17-29-27-20-10-5-7-12-23(20)30-24-13-8-6-11-21(24)27/h5,7,10,12,15-16,18H,2-4,6,8-9,11,13-14,17,28H2,1H3,(H,29,30)(H,31,32). The molecule has 1 aliphatic carbocycles. The molecule has 0 bridgehead atoms. The molecule has 5 heteroatoms. The lowest BCUT2D eigenvalue weighted by Gasteiger charge is -2.21. The fraction of sp³-hybridized carbons (Fsp3) is 0.407. The van der Waals surface area contributed by atoms with Crippen molar-refractivity contribution in [2.45, 2.75) is 64.7 Å². The Morgan fingerprint density at radius 2 is 1.84 bits per heavy atom. The Kier molecular flexibility index (Phi) is 7.25. The first-order valence-corrected chi connectivity index (χ1v) is 11.9. The first-order chi connectivity index (χ1) is 15.6. The van der Waals surface area contributed by atoms with E-state index in [0.29, 0.717) is 17.8 Å². The number of unbranched alkanes of at least 4 members (excludes halogenated alkanes) is 3. The highest BCUT2D eigenvalue weighted by molar-refractivity contribution is 5.94. The number of aryl methyl sites for hydroxylation is 2. The quantitative estimate of drug-likeness (QED) is 0.287. The van der Waals surface area contributed by atoms with Gasteiger partial charge in [0.15, 0.2) is 0 Å². The van der Waals surface area contributed by atoms with Gasteiger partial charge < -0.3 is 16.4 Å². The van der Waals surface area contributed by atoms with E-state index >= 15 is 0 Å². The van der Waals surface area contributed by atoms with E-state index in [2.05, 4.69) is 34.9 Å². The summed E-state index contributed by atoms with van der Waals surface area (Å²) in [6.45, 7) is 2.94. The number of para-hydroxylation sites is 1. The summed E-state index contributed by atoms with van der Waals surface area (Å²) in [6.07, 6.45) is 9.37. The van der Waals surface area contributed by atoms with E-state index in [1.54, 1.807) is 0 Å². The maximum Gasteiger partial charge on any atom is 0.224 e. The van der Waals surface area contributed by atoms with Gasteiger partial charge in [-0.15, -0.1) is 0 Å². The van der Waals surface area contributed by atoms with Gasteiger partial charge in [-0.3, -0.25) is 9.78 Å². The molecule has 0 saturated carbocycles. The number of nitrogens with zero attached hydrogens (tertiary/aromatic N) is 1. The van der Waals surface area contributed by atoms with Crippen molar-refractivity contribution >= 4 is 33.9 Å². The lowest BCUT2D eigenvalue weighted by molar-refractivity contribution is -0.116. The second-order valence-electron chi connectivity index (χ2n) is 8.87. The van der Waals surface area contributed by atoms with Crippen LogP contribution in [0.25, 0.3) is 10.9 Å². The fourth-order valence-electron chi connectivity index (χ4n) is 4.54. The molecule has 1 amide bonds. The lowest BCUT2D eigenvalue weighted by atomic mass is 9.92. The van der Waals surface area contributed by atoms with Crippen LogP contribution in [-0.2, 0) is 17.6 Å². The van der Waals surface area contributed by atoms with Crippen LogP contribution in [0.5, 0.6) is 0 Å². The average molecular weight is 431 g/mol. The van der Waals surface area contributed by atoms with Crippen LogP contribution < -0.4 is 16.4 Å². The number of carbonyl (C=O) groups is 1. The zero-order valence-electron chi connectivity index (χ0n) is 19.0. The predicted octanol–water partition coefficient (Wildman–Crippen LogP) is 6.01. The first kappa shape index (κ1) is 22.1. The van der Waals surface area contributed by atoms with Gasteiger partial charge in [0.05, 0.1) is 16.9 Å². The van der Waals surface area contributed by atoms with Crippen LogP contribution in [0.2, 0.25) is 0 Å². The number of fused-ring (bicyclic) bond motifs is 2. The molecule has 0 fully saturated rings. The Morgan fingerprint density at radius 3 is 2.75 bits per heavy atom. The molecule has 1 aliphatic rings. The first-order valence-electron chi connectivity index (χ1n) is 11.9. The molecule has 4 rings (SSSR count). The van der Waals surface area contributed by atoms with Gasteiger partial charge in [0.25, 0.3) is 0 Å². The highest BCUT2D eigenvalue weighted by atomic mass is 16.1. The summed E-state index contributed by atoms with van der Waals surface area (Å²) in [5.41, 5.74) is 13.4. The van der Waals surface area contributed by atoms with Crippen molar-refractivity contribution in [2.24, 2.45) is 0 Å². The maximum absolute atomic E-state index is 12.2. The molecular formula is C27H34N4O. The molecule has 0 aliphatic heterocycles. The van der Waals surface area contributed by atoms with Crippen molar-refractivity contribution in [1.29, 1.82) is 0 Å². The van der Waals surface area contributed by atoms with Gasteiger partial charge >= 0.3 is 0 Å². The average Bonchev–Trinajstić information content (AvgIpc) is 2.80. The molecule has 0 saturated heterocycles. The van der Waals surface area contributed by atoms with E-state index < -0.39 is 0 Å². The van der Waals surface area contributed by atoms with Crippen molar-refractivity contribution in [3.8, 4) is 0 Å². The minimum Gasteiger partial charge on any atom is -0.397 e. The summed E-state index contributed by atoms with van der Waals surface area (Å²) in [7, 11) is 0. The molecule has 1 heterocycles. The van der Waals surface area contributed by atoms with Crippen LogP contribution in [-0.4, -0.2) is 17.4 Å². The van der Waals surface area contributed by atoms with Gasteiger partial charge in [-0.25, -0.2) is 0 Å². The highest BCUT2D eigenvalue weighted by Gasteiger charge is 2.17. The molecule has 0 radical (unpaired) electrons. The highest BCUT2D eigenvalue weighted by Crippen LogP contribution is 2.33. The minimum atomic E-state index is 0.0373. The van der Waals surface area contributed by atoms with Gasteiger partial charge in [0.2, 0.25) is 5.91 Å². The predicted molar refractivity (Wildman–Crippen MR) is 134 cm³/mol. The van der Waals surface area contributed by atoms with E-state index in [4.69, 9.17) is 10.7 Å². The number of nitrogen functional groups attached to an aromatic ring is 1. The van der Waals surface area contributed by atoms with Crippen LogP contribution in [0.15, 0.2) is 42.5 Å². The molecule has 4 N–H and O–H groups in total. The number of nitrogens with one attached hydrogen (secondary N) is 2. The molecule has 3 aromatic rings. The van der Waals surface area contributed by atoms with E-state index in [1.165, 1.54) is 35.2 Å². The van der Waals surface area contributed by atoms with E-state index in [-0.39, 0.29) is 5.91 Å². The second kappa shape index (κ2) is 10.5. The monoisotopic (exact) mass is 430 g/mol. The topological polar surface area (TPSA) is 80.0 Å². The van der Waals surface area contributed by atoms with E-state index in [0.717, 1.165) is 56.1 Å². The summed E-state index contributed by atoms with van der Waals surface area (Å²) in [5.74, 6) is 0.0373. The van der Waals surface area contributed by atoms with Gasteiger partial charge in [-0.05, 0) is 74.8 Å². The Hall–Kier alpha value is -3.08. The number of anilines is 3. The van der Waals surface area contributed by atoms with Crippen molar-refractivity contribution in [3.05, 3.63) is 59.3 Å². The Bertz CT molecular complexity index is 1090. The van der Waals surface area contributed by atoms with Crippen LogP contribution in [0.1, 0.15) is 61.8 Å². The summed E-state index contributed by atoms with van der Waals surface area (Å²) in [6, 6.07) is 14.2. The minimum absolute atomic E-state index is 0.0373. The van der Waals surface area contributed by atoms with Crippen LogP contribution in [0.3, 0.4) is 0 Å². The number of aromatic nitrogens is 1. The molecule has 32 heavy (non-hydrogen) atoms. The molecular weight excluding hydrogens is 396 g/mol. The SMILES string of the molecule is Cc1ccc(N)c(NC(=O)CCCCCCNc2c3c(nc4ccccc24)CCCC3)c1. The smallest absolute Gasteiger partial charge is 0.224 e. The largest absolute Gasteiger partial charge is 0.397 e. The molecule has 168 valence electrons. The molecule has 0 unspecified atom stereocenters. The zero-order valence-corrected chi connectivity index (χ0v) is 19.0. The third-order valence-corrected chi connectivity index (χ3v) is 6.28. The fourth-order valence-corrected chi connectivity index (χ4v) is 4.54. The van der Waals surface area contributed by atoms with E-state index in [1.807, 2.05) is 25.1 Å². The molecule has 0 spiro atoms. The zero-order chi connectivity index (χ0) is 22.3. The molecule has 5 nitrogen and oxygen atoms in total. The Labute approximate surface area is 190 Å². The normalized spacial score (nSPS) is 13.0. The van der Waals surface area contributed by atoms with E-state index in [9.17, 15) is 4.79 Å². The number of pyridine rings is 1. The molecule has 1 aromatic heterocycles. The summed E-state index contributed by atoms with van der Waals surface area (Å²) in [5, 5.41) is 7.90. The number of hydrogen-bond donors (Lipinski definition) is 3. The number of hydrogen-bond acceptors (Lipinski definition) is 4. The second-order valence-corrected chi connectivity index (χ2v) is 8.87. The van der Waals surface area contributed by atoms with Gasteiger partial charge in [0, 0.05) is 29.7 Å². The molecule has 2 aromatic carbocycles. The number of amides is 1. The summed E-state index contributed by atoms with van der Waals surface area (Å²) < 4.78 is 0. The van der Waals surface area contributed by atoms with Crippen molar-refractivity contribution in [3.63, 3.8) is 0 Å². The maximum atomic E-state index is 12.2. The summed E-state index contributed by atoms with van der Waals surface area (Å²) in [4.78, 5) is 17.1. The lowest BCUT2D eigenvalue weighted by Crippen LogP contribution is -2.13. The Morgan fingerprint density at radius 1 is 1.03 bits per heavy atom. The van der Waals surface area contributed by atoms with Crippen molar-refractivity contribution in [1.82, 2.24) is 4.98 Å². The Balaban J connectivity index is 1.22. The van der Waals surface area contributed by atoms with Crippen molar-refractivity contribution in [2.75, 3.05) is 22.9 Å². The number of benzene rings is 2. The number of nitrogens with two attached hydrogens (primary N) is 1. The molecule has 0 atom stereocenters. The van der Waals surface area contributed by atoms with Gasteiger partial charge in [-0.2, -0.15) is 0 Å². The number of rotatable bonds is 9. The van der Waals surface area contributed by atoms with Crippen LogP contribution >= 0.6 is 0 Å². The van der Waals surface area contributed by atoms with Crippen LogP contribution in [0, 0.1) is 6.92 Å². The number of carbonyl (C=O) groups excluding carboxylic acids is 1. The third-order valence-electron chi connectivity index (χ3n) is 6.28. The van der Waals surface area contributed by atoms with Crippen LogP contribution in [0.4, 0.5) is 17.1 Å². The van der Waals surface area contributed by atoms with Gasteiger partial charge in [0.1, 0.15) is 0 Å². The third kappa shape index (κ3) is 5.39. The van der Waals surface area contributed by atoms with Crippen molar-refractivity contribution < 1.29 is 4.79 Å². The summed E-state index contributed by atoms with van der Waals surface area (Å²) >= 11 is 0. The van der Waals surface area contributed by atoms with Gasteiger partial charge in [-0.1, -0.05) is 37.1 Å².